The number of nitrogens with zero attached hydrogens (tertiary/aromatic N) is 2. The van der Waals surface area contributed by atoms with E-state index >= 15 is 0 Å². The minimum absolute atomic E-state index is 0.122. The van der Waals surface area contributed by atoms with Crippen molar-refractivity contribution in [3.8, 4) is 0 Å². The minimum Gasteiger partial charge on any atom is -0.356 e. The number of para-hydroxylation sites is 3. The minimum atomic E-state index is -3.86. The average molecular weight is 482 g/mol. The van der Waals surface area contributed by atoms with Gasteiger partial charge in [0.25, 0.3) is 10.0 Å². The molecule has 35 heavy (non-hydrogen) atoms. The fourth-order valence-corrected chi connectivity index (χ4v) is 4.70. The summed E-state index contributed by atoms with van der Waals surface area (Å²) in [5.74, 6) is 0.431. The number of sulfonamides is 1. The number of benzene rings is 4. The fourth-order valence-electron chi connectivity index (χ4n) is 3.59. The molecule has 1 aromatic heterocycles. The number of aromatic nitrogens is 2. The van der Waals surface area contributed by atoms with E-state index in [9.17, 15) is 8.42 Å². The molecule has 5 aromatic rings. The zero-order valence-corrected chi connectivity index (χ0v) is 19.8. The highest BCUT2D eigenvalue weighted by Crippen LogP contribution is 2.28. The lowest BCUT2D eigenvalue weighted by Crippen LogP contribution is -2.16. The zero-order valence-electron chi connectivity index (χ0n) is 18.9. The Bertz CT molecular complexity index is 1590. The van der Waals surface area contributed by atoms with Crippen molar-refractivity contribution in [3.63, 3.8) is 0 Å². The van der Waals surface area contributed by atoms with E-state index < -0.39 is 10.0 Å². The van der Waals surface area contributed by atoms with Gasteiger partial charge < -0.3 is 10.6 Å². The van der Waals surface area contributed by atoms with Gasteiger partial charge in [0.2, 0.25) is 0 Å². The molecule has 3 N–H and O–H groups in total. The molecule has 0 fully saturated rings. The molecule has 0 aliphatic heterocycles. The Morgan fingerprint density at radius 2 is 1.17 bits per heavy atom. The van der Waals surface area contributed by atoms with E-state index in [0.717, 1.165) is 22.6 Å². The second-order valence-corrected chi connectivity index (χ2v) is 9.71. The van der Waals surface area contributed by atoms with Crippen LogP contribution in [0.15, 0.2) is 108 Å². The maximum Gasteiger partial charge on any atom is 0.263 e. The van der Waals surface area contributed by atoms with E-state index in [1.54, 1.807) is 24.3 Å². The fraction of sp³-hybridized carbons (Fsp3) is 0.0370. The largest absolute Gasteiger partial charge is 0.356 e. The molecule has 0 bridgehead atoms. The van der Waals surface area contributed by atoms with Crippen molar-refractivity contribution in [2.24, 2.45) is 0 Å². The number of rotatable bonds is 7. The van der Waals surface area contributed by atoms with Gasteiger partial charge in [-0.15, -0.1) is 0 Å². The Morgan fingerprint density at radius 1 is 0.600 bits per heavy atom. The van der Waals surface area contributed by atoms with Crippen molar-refractivity contribution >= 4 is 49.8 Å². The van der Waals surface area contributed by atoms with Gasteiger partial charge in [-0.1, -0.05) is 42.5 Å². The first-order valence-corrected chi connectivity index (χ1v) is 12.5. The van der Waals surface area contributed by atoms with Crippen LogP contribution in [0.3, 0.4) is 0 Å². The van der Waals surface area contributed by atoms with Crippen LogP contribution in [0.2, 0.25) is 0 Å². The van der Waals surface area contributed by atoms with Crippen LogP contribution < -0.4 is 15.4 Å². The van der Waals surface area contributed by atoms with Crippen LogP contribution in [-0.2, 0) is 10.0 Å². The van der Waals surface area contributed by atoms with Crippen LogP contribution in [0.5, 0.6) is 0 Å². The van der Waals surface area contributed by atoms with E-state index in [1.165, 1.54) is 0 Å². The molecule has 4 aromatic carbocycles. The average Bonchev–Trinajstić information content (AvgIpc) is 2.86. The van der Waals surface area contributed by atoms with Gasteiger partial charge in [0, 0.05) is 17.1 Å². The lowest BCUT2D eigenvalue weighted by Gasteiger charge is -2.14. The van der Waals surface area contributed by atoms with Crippen LogP contribution >= 0.6 is 0 Å². The monoisotopic (exact) mass is 481 g/mol. The summed E-state index contributed by atoms with van der Waals surface area (Å²) in [6.45, 7) is 1.85. The molecule has 5 rings (SSSR count). The molecule has 0 radical (unpaired) electrons. The SMILES string of the molecule is Cc1cccc(S(=O)(=O)Nc2nc3ccccc3nc2Nc2ccc(Nc3ccccc3)cc2)c1. The van der Waals surface area contributed by atoms with Crippen molar-refractivity contribution in [1.82, 2.24) is 9.97 Å². The predicted octanol–water partition coefficient (Wildman–Crippen LogP) is 6.23. The summed E-state index contributed by atoms with van der Waals surface area (Å²) in [5.41, 5.74) is 4.73. The van der Waals surface area contributed by atoms with Crippen molar-refractivity contribution in [3.05, 3.63) is 109 Å². The van der Waals surface area contributed by atoms with Crippen LogP contribution in [-0.4, -0.2) is 18.4 Å². The summed E-state index contributed by atoms with van der Waals surface area (Å²) < 4.78 is 28.8. The summed E-state index contributed by atoms with van der Waals surface area (Å²) in [6, 6.07) is 31.6. The molecule has 0 aliphatic rings. The third-order valence-electron chi connectivity index (χ3n) is 5.31. The Labute approximate surface area is 203 Å². The van der Waals surface area contributed by atoms with Crippen LogP contribution in [0, 0.1) is 6.92 Å². The summed E-state index contributed by atoms with van der Waals surface area (Å²) >= 11 is 0. The van der Waals surface area contributed by atoms with Gasteiger partial charge in [0.1, 0.15) is 0 Å². The third kappa shape index (κ3) is 5.23. The van der Waals surface area contributed by atoms with Crippen molar-refractivity contribution in [2.45, 2.75) is 11.8 Å². The maximum atomic E-state index is 13.1. The first-order valence-electron chi connectivity index (χ1n) is 11.0. The van der Waals surface area contributed by atoms with Gasteiger partial charge >= 0.3 is 0 Å². The third-order valence-corrected chi connectivity index (χ3v) is 6.65. The number of aryl methyl sites for hydroxylation is 1. The Hall–Kier alpha value is -4.43. The molecule has 1 heterocycles. The predicted molar refractivity (Wildman–Crippen MR) is 141 cm³/mol. The van der Waals surface area contributed by atoms with E-state index in [2.05, 4.69) is 25.3 Å². The first-order chi connectivity index (χ1) is 17.0. The highest BCUT2D eigenvalue weighted by atomic mass is 32.2. The molecule has 0 amide bonds. The van der Waals surface area contributed by atoms with Gasteiger partial charge in [0.15, 0.2) is 11.6 Å². The first kappa shape index (κ1) is 22.4. The second kappa shape index (κ2) is 9.44. The lowest BCUT2D eigenvalue weighted by atomic mass is 10.2. The number of nitrogens with one attached hydrogen (secondary N) is 3. The van der Waals surface area contributed by atoms with Gasteiger partial charge in [-0.05, 0) is 73.2 Å². The zero-order chi connectivity index (χ0) is 24.3. The highest BCUT2D eigenvalue weighted by molar-refractivity contribution is 7.92. The summed E-state index contributed by atoms with van der Waals surface area (Å²) in [4.78, 5) is 9.35. The van der Waals surface area contributed by atoms with E-state index in [1.807, 2.05) is 85.8 Å². The van der Waals surface area contributed by atoms with E-state index in [0.29, 0.717) is 16.9 Å². The summed E-state index contributed by atoms with van der Waals surface area (Å²) in [6.07, 6.45) is 0. The summed E-state index contributed by atoms with van der Waals surface area (Å²) in [7, 11) is -3.86. The number of hydrogen-bond donors (Lipinski definition) is 3. The molecule has 0 atom stereocenters. The molecule has 0 spiro atoms. The van der Waals surface area contributed by atoms with Gasteiger partial charge in [-0.2, -0.15) is 0 Å². The standard InChI is InChI=1S/C27H23N5O2S/c1-19-8-7-11-23(18-19)35(33,34)32-27-26(30-24-12-5-6-13-25(24)31-27)29-22-16-14-21(15-17-22)28-20-9-3-2-4-10-20/h2-18,28H,1H3,(H,29,30)(H,31,32). The number of fused-ring (bicyclic) bond motifs is 1. The molecule has 0 saturated carbocycles. The lowest BCUT2D eigenvalue weighted by molar-refractivity contribution is 0.601. The molecular weight excluding hydrogens is 458 g/mol. The van der Waals surface area contributed by atoms with Crippen molar-refractivity contribution in [2.75, 3.05) is 15.4 Å². The molecule has 174 valence electrons. The molecule has 7 nitrogen and oxygen atoms in total. The highest BCUT2D eigenvalue weighted by Gasteiger charge is 2.19. The Morgan fingerprint density at radius 3 is 1.83 bits per heavy atom. The van der Waals surface area contributed by atoms with Crippen LogP contribution in [0.1, 0.15) is 5.56 Å². The molecule has 0 unspecified atom stereocenters. The Kier molecular flexibility index (Phi) is 6.03. The quantitative estimate of drug-likeness (QED) is 0.255. The second-order valence-electron chi connectivity index (χ2n) is 8.02. The number of hydrogen-bond acceptors (Lipinski definition) is 6. The summed E-state index contributed by atoms with van der Waals surface area (Å²) in [5, 5.41) is 6.55. The molecular formula is C27H23N5O2S. The maximum absolute atomic E-state index is 13.1. The molecule has 0 saturated heterocycles. The van der Waals surface area contributed by atoms with E-state index in [4.69, 9.17) is 0 Å². The molecule has 0 aliphatic carbocycles. The van der Waals surface area contributed by atoms with Gasteiger partial charge in [-0.25, -0.2) is 18.4 Å². The topological polar surface area (TPSA) is 96.0 Å². The van der Waals surface area contributed by atoms with Crippen molar-refractivity contribution < 1.29 is 8.42 Å². The van der Waals surface area contributed by atoms with Gasteiger partial charge in [-0.3, -0.25) is 4.72 Å². The normalized spacial score (nSPS) is 11.2. The van der Waals surface area contributed by atoms with Crippen LogP contribution in [0.25, 0.3) is 11.0 Å². The van der Waals surface area contributed by atoms with Crippen molar-refractivity contribution in [1.29, 1.82) is 0 Å². The number of anilines is 5. The van der Waals surface area contributed by atoms with E-state index in [-0.39, 0.29) is 10.7 Å². The Balaban J connectivity index is 1.45. The smallest absolute Gasteiger partial charge is 0.263 e. The molecule has 8 heteroatoms. The van der Waals surface area contributed by atoms with Gasteiger partial charge in [0.05, 0.1) is 15.9 Å². The van der Waals surface area contributed by atoms with Crippen LogP contribution in [0.4, 0.5) is 28.7 Å².